The Bertz CT molecular complexity index is 1510. The second-order valence-corrected chi connectivity index (χ2v) is 9.32. The number of aromatic nitrogens is 1. The number of ether oxygens (including phenoxy) is 1. The van der Waals surface area contributed by atoms with Gasteiger partial charge in [0.25, 0.3) is 5.91 Å². The van der Waals surface area contributed by atoms with Crippen LogP contribution in [0.25, 0.3) is 11.8 Å². The number of rotatable bonds is 5. The molecule has 8 heteroatoms. The number of para-hydroxylation sites is 1. The number of allylic oxidation sites excluding steroid dienone is 1. The molecule has 0 saturated heterocycles. The van der Waals surface area contributed by atoms with Crippen LogP contribution in [0.3, 0.4) is 0 Å². The molecule has 2 heterocycles. The quantitative estimate of drug-likeness (QED) is 0.268. The van der Waals surface area contributed by atoms with E-state index in [1.165, 1.54) is 21.6 Å². The number of anilines is 1. The summed E-state index contributed by atoms with van der Waals surface area (Å²) in [6.07, 6.45) is -2.97. The van der Waals surface area contributed by atoms with E-state index in [1.54, 1.807) is 45.9 Å². The maximum absolute atomic E-state index is 13.8. The summed E-state index contributed by atoms with van der Waals surface area (Å²) >= 11 is 0. The number of aryl methyl sites for hydroxylation is 3. The van der Waals surface area contributed by atoms with Crippen molar-refractivity contribution in [2.24, 2.45) is 0 Å². The van der Waals surface area contributed by atoms with Crippen LogP contribution in [0.5, 0.6) is 0 Å². The van der Waals surface area contributed by atoms with Crippen LogP contribution >= 0.6 is 0 Å². The van der Waals surface area contributed by atoms with Crippen LogP contribution < -0.4 is 4.90 Å². The molecule has 0 fully saturated rings. The van der Waals surface area contributed by atoms with E-state index >= 15 is 0 Å². The summed E-state index contributed by atoms with van der Waals surface area (Å²) in [5, 5.41) is 0. The molecule has 1 aliphatic rings. The standard InChI is InChI=1S/C30H29F3N2O3/c1-7-38-29(37)27-21(6)35(23-13-12-17(2)18(3)14-23)28(36)24(27)16-22-15-19(4)34(20(22)5)26-11-9-8-10-25(26)30(31,32)33/h8-16H,7H2,1-6H3/b24-16-. The van der Waals surface area contributed by atoms with Crippen molar-refractivity contribution in [1.29, 1.82) is 0 Å². The maximum Gasteiger partial charge on any atom is 0.418 e. The number of carbonyl (C=O) groups is 2. The first-order valence-electron chi connectivity index (χ1n) is 12.2. The van der Waals surface area contributed by atoms with Crippen molar-refractivity contribution >= 4 is 23.6 Å². The fourth-order valence-corrected chi connectivity index (χ4v) is 4.83. The number of hydrogen-bond donors (Lipinski definition) is 0. The van der Waals surface area contributed by atoms with Gasteiger partial charge in [0.05, 0.1) is 29.0 Å². The lowest BCUT2D eigenvalue weighted by molar-refractivity contribution is -0.138. The van der Waals surface area contributed by atoms with Gasteiger partial charge in [0.15, 0.2) is 0 Å². The van der Waals surface area contributed by atoms with Crippen molar-refractivity contribution in [3.05, 3.63) is 99.0 Å². The number of halogens is 3. The second kappa shape index (κ2) is 10.0. The van der Waals surface area contributed by atoms with Gasteiger partial charge in [-0.15, -0.1) is 0 Å². The highest BCUT2D eigenvalue weighted by Gasteiger charge is 2.39. The minimum absolute atomic E-state index is 0.00788. The lowest BCUT2D eigenvalue weighted by Crippen LogP contribution is -2.24. The van der Waals surface area contributed by atoms with E-state index in [4.69, 9.17) is 4.74 Å². The first kappa shape index (κ1) is 27.0. The van der Waals surface area contributed by atoms with Crippen LogP contribution in [0.1, 0.15) is 47.5 Å². The predicted octanol–water partition coefficient (Wildman–Crippen LogP) is 7.00. The number of carbonyl (C=O) groups excluding carboxylic acids is 2. The molecule has 0 unspecified atom stereocenters. The minimum Gasteiger partial charge on any atom is -0.462 e. The van der Waals surface area contributed by atoms with Crippen LogP contribution in [-0.4, -0.2) is 23.1 Å². The van der Waals surface area contributed by atoms with Crippen LogP contribution in [0.4, 0.5) is 18.9 Å². The summed E-state index contributed by atoms with van der Waals surface area (Å²) in [5.74, 6) is -1.04. The number of nitrogens with zero attached hydrogens (tertiary/aromatic N) is 2. The smallest absolute Gasteiger partial charge is 0.418 e. The van der Waals surface area contributed by atoms with Gasteiger partial charge in [-0.25, -0.2) is 4.79 Å². The fourth-order valence-electron chi connectivity index (χ4n) is 4.83. The maximum atomic E-state index is 13.8. The van der Waals surface area contributed by atoms with Crippen molar-refractivity contribution in [2.75, 3.05) is 11.5 Å². The normalized spacial score (nSPS) is 15.1. The molecule has 5 nitrogen and oxygen atoms in total. The zero-order chi connectivity index (χ0) is 27.9. The third-order valence-corrected chi connectivity index (χ3v) is 6.85. The molecule has 1 aromatic heterocycles. The summed E-state index contributed by atoms with van der Waals surface area (Å²) in [5.41, 5.74) is 4.18. The summed E-state index contributed by atoms with van der Waals surface area (Å²) in [6.45, 7) is 10.8. The molecule has 1 amide bonds. The van der Waals surface area contributed by atoms with Gasteiger partial charge in [0.1, 0.15) is 0 Å². The van der Waals surface area contributed by atoms with Gasteiger partial charge in [-0.3, -0.25) is 9.69 Å². The molecule has 0 radical (unpaired) electrons. The zero-order valence-electron chi connectivity index (χ0n) is 22.2. The molecule has 198 valence electrons. The van der Waals surface area contributed by atoms with Gasteiger partial charge in [-0.2, -0.15) is 13.2 Å². The average molecular weight is 523 g/mol. The van der Waals surface area contributed by atoms with Gasteiger partial charge in [-0.05, 0) is 94.6 Å². The molecule has 2 aromatic carbocycles. The molecule has 0 saturated carbocycles. The third-order valence-electron chi connectivity index (χ3n) is 6.85. The number of esters is 1. The highest BCUT2D eigenvalue weighted by Crippen LogP contribution is 2.38. The Morgan fingerprint density at radius 3 is 2.29 bits per heavy atom. The fraction of sp³-hybridized carbons (Fsp3) is 0.267. The van der Waals surface area contributed by atoms with Gasteiger partial charge < -0.3 is 9.30 Å². The monoisotopic (exact) mass is 522 g/mol. The second-order valence-electron chi connectivity index (χ2n) is 9.32. The number of hydrogen-bond acceptors (Lipinski definition) is 3. The van der Waals surface area contributed by atoms with E-state index in [0.29, 0.717) is 28.3 Å². The van der Waals surface area contributed by atoms with Crippen molar-refractivity contribution in [3.8, 4) is 5.69 Å². The summed E-state index contributed by atoms with van der Waals surface area (Å²) in [7, 11) is 0. The molecule has 1 aliphatic heterocycles. The topological polar surface area (TPSA) is 51.5 Å². The molecule has 0 aliphatic carbocycles. The van der Waals surface area contributed by atoms with Crippen LogP contribution in [0.15, 0.2) is 65.4 Å². The van der Waals surface area contributed by atoms with E-state index in [0.717, 1.165) is 17.2 Å². The number of alkyl halides is 3. The molecular formula is C30H29F3N2O3. The predicted molar refractivity (Wildman–Crippen MR) is 141 cm³/mol. The SMILES string of the molecule is CCOC(=O)C1=C(C)N(c2ccc(C)c(C)c2)C(=O)/C1=C\c1cc(C)n(-c2ccccc2C(F)(F)F)c1C. The minimum atomic E-state index is -4.54. The first-order chi connectivity index (χ1) is 17.9. The van der Waals surface area contributed by atoms with E-state index in [9.17, 15) is 22.8 Å². The molecule has 0 N–H and O–H groups in total. The van der Waals surface area contributed by atoms with Crippen molar-refractivity contribution in [1.82, 2.24) is 4.57 Å². The Hall–Kier alpha value is -4.07. The first-order valence-corrected chi connectivity index (χ1v) is 12.2. The highest BCUT2D eigenvalue weighted by molar-refractivity contribution is 6.24. The van der Waals surface area contributed by atoms with Gasteiger partial charge in [-0.1, -0.05) is 18.2 Å². The summed E-state index contributed by atoms with van der Waals surface area (Å²) in [6, 6.07) is 12.7. The van der Waals surface area contributed by atoms with Crippen molar-refractivity contribution in [2.45, 2.75) is 47.7 Å². The van der Waals surface area contributed by atoms with Crippen molar-refractivity contribution in [3.63, 3.8) is 0 Å². The Morgan fingerprint density at radius 1 is 0.974 bits per heavy atom. The van der Waals surface area contributed by atoms with Gasteiger partial charge in [0, 0.05) is 22.8 Å². The van der Waals surface area contributed by atoms with E-state index in [2.05, 4.69) is 0 Å². The van der Waals surface area contributed by atoms with Gasteiger partial charge in [0.2, 0.25) is 0 Å². The summed E-state index contributed by atoms with van der Waals surface area (Å²) in [4.78, 5) is 28.2. The third kappa shape index (κ3) is 4.66. The Labute approximate surface area is 219 Å². The number of amides is 1. The van der Waals surface area contributed by atoms with E-state index in [1.807, 2.05) is 32.0 Å². The molecule has 38 heavy (non-hydrogen) atoms. The summed E-state index contributed by atoms with van der Waals surface area (Å²) < 4.78 is 48.1. The van der Waals surface area contributed by atoms with Crippen LogP contribution in [0, 0.1) is 27.7 Å². The molecule has 0 spiro atoms. The van der Waals surface area contributed by atoms with Crippen molar-refractivity contribution < 1.29 is 27.5 Å². The van der Waals surface area contributed by atoms with Gasteiger partial charge >= 0.3 is 12.1 Å². The molecule has 0 bridgehead atoms. The Balaban J connectivity index is 1.88. The lowest BCUT2D eigenvalue weighted by atomic mass is 10.0. The average Bonchev–Trinajstić information content (AvgIpc) is 3.26. The highest BCUT2D eigenvalue weighted by atomic mass is 19.4. The van der Waals surface area contributed by atoms with E-state index in [-0.39, 0.29) is 23.4 Å². The molecular weight excluding hydrogens is 493 g/mol. The molecule has 4 rings (SSSR count). The largest absolute Gasteiger partial charge is 0.462 e. The van der Waals surface area contributed by atoms with E-state index < -0.39 is 23.6 Å². The zero-order valence-corrected chi connectivity index (χ0v) is 22.2. The Kier molecular flexibility index (Phi) is 7.10. The molecule has 3 aromatic rings. The molecule has 0 atom stereocenters. The Morgan fingerprint density at radius 2 is 1.66 bits per heavy atom. The lowest BCUT2D eigenvalue weighted by Gasteiger charge is -2.19. The van der Waals surface area contributed by atoms with Crippen LogP contribution in [-0.2, 0) is 20.5 Å². The number of benzene rings is 2. The van der Waals surface area contributed by atoms with Crippen LogP contribution in [0.2, 0.25) is 0 Å².